The summed E-state index contributed by atoms with van der Waals surface area (Å²) in [6.45, 7) is 0. The molecule has 0 spiro atoms. The number of hydrogen-bond donors (Lipinski definition) is 0. The highest BCUT2D eigenvalue weighted by molar-refractivity contribution is 9.08. The van der Waals surface area contributed by atoms with Gasteiger partial charge >= 0.3 is 5.97 Å². The molecule has 126 valence electrons. The minimum Gasteiger partial charge on any atom is -0.504 e. The van der Waals surface area contributed by atoms with Crippen molar-refractivity contribution in [2.24, 2.45) is 0 Å². The van der Waals surface area contributed by atoms with Gasteiger partial charge in [0.15, 0.2) is 0 Å². The van der Waals surface area contributed by atoms with Crippen LogP contribution in [0.2, 0.25) is 0 Å². The summed E-state index contributed by atoms with van der Waals surface area (Å²) in [4.78, 5) is 19.7. The molecule has 0 aliphatic carbocycles. The Morgan fingerprint density at radius 3 is 2.75 bits per heavy atom. The lowest BCUT2D eigenvalue weighted by Gasteiger charge is -2.12. The molecule has 1 aromatic carbocycles. The molecule has 24 heavy (non-hydrogen) atoms. The highest BCUT2D eigenvalue weighted by Crippen LogP contribution is 2.36. The zero-order valence-corrected chi connectivity index (χ0v) is 14.6. The molecule has 0 bridgehead atoms. The Labute approximate surface area is 147 Å². The quantitative estimate of drug-likeness (QED) is 0.308. The number of rotatable bonds is 7. The molecule has 0 saturated carbocycles. The van der Waals surface area contributed by atoms with Gasteiger partial charge in [-0.2, -0.15) is 9.97 Å². The molecule has 0 aliphatic heterocycles. The van der Waals surface area contributed by atoms with Gasteiger partial charge in [0, 0.05) is 5.33 Å². The Hall–Kier alpha value is -2.61. The Morgan fingerprint density at radius 2 is 2.04 bits per heavy atom. The van der Waals surface area contributed by atoms with Crippen molar-refractivity contribution in [2.75, 3.05) is 14.2 Å². The molecule has 0 amide bonds. The molecule has 0 unspecified atom stereocenters. The summed E-state index contributed by atoms with van der Waals surface area (Å²) in [5, 5.41) is 0.681. The molecule has 0 radical (unpaired) electrons. The van der Waals surface area contributed by atoms with Crippen molar-refractivity contribution in [1.29, 1.82) is 0 Å². The summed E-state index contributed by atoms with van der Waals surface area (Å²) in [6, 6.07) is 7.38. The van der Waals surface area contributed by atoms with Crippen LogP contribution >= 0.6 is 15.9 Å². The average Bonchev–Trinajstić information content (AvgIpc) is 2.61. The van der Waals surface area contributed by atoms with E-state index in [0.717, 1.165) is 11.6 Å². The van der Waals surface area contributed by atoms with Crippen LogP contribution in [0.25, 0.3) is 0 Å². The number of carbonyl (C=O) groups excluding carboxylic acids is 1. The number of hydrogen-bond acceptors (Lipinski definition) is 7. The summed E-state index contributed by atoms with van der Waals surface area (Å²) in [6.07, 6.45) is 3.56. The standard InChI is InChI=1S/C16H15BrN2O5/c1-21-7-6-13(20)24-14-15(22-2)18-10-19-16(14)23-12-5-3-4-11(8-12)9-17/h3-8,10H,9H2,1-2H3. The first-order valence-corrected chi connectivity index (χ1v) is 7.93. The van der Waals surface area contributed by atoms with Gasteiger partial charge in [-0.3, -0.25) is 0 Å². The van der Waals surface area contributed by atoms with E-state index in [0.29, 0.717) is 11.1 Å². The Morgan fingerprint density at radius 1 is 1.25 bits per heavy atom. The predicted octanol–water partition coefficient (Wildman–Crippen LogP) is 3.24. The van der Waals surface area contributed by atoms with Crippen LogP contribution < -0.4 is 14.2 Å². The number of ether oxygens (including phenoxy) is 4. The van der Waals surface area contributed by atoms with E-state index in [2.05, 4.69) is 30.6 Å². The van der Waals surface area contributed by atoms with Gasteiger partial charge in [-0.1, -0.05) is 28.1 Å². The van der Waals surface area contributed by atoms with Crippen LogP contribution in [-0.4, -0.2) is 30.2 Å². The minimum absolute atomic E-state index is 0.0185. The van der Waals surface area contributed by atoms with E-state index < -0.39 is 5.97 Å². The Kier molecular flexibility index (Phi) is 6.56. The molecule has 1 aromatic heterocycles. The van der Waals surface area contributed by atoms with E-state index in [1.165, 1.54) is 26.8 Å². The Bertz CT molecular complexity index is 736. The van der Waals surface area contributed by atoms with Crippen LogP contribution in [0.1, 0.15) is 5.56 Å². The second kappa shape index (κ2) is 8.88. The zero-order valence-electron chi connectivity index (χ0n) is 13.1. The molecule has 1 heterocycles. The van der Waals surface area contributed by atoms with Gasteiger partial charge < -0.3 is 18.9 Å². The minimum atomic E-state index is -0.677. The number of aromatic nitrogens is 2. The van der Waals surface area contributed by atoms with Gasteiger partial charge in [0.2, 0.25) is 0 Å². The number of alkyl halides is 1. The average molecular weight is 395 g/mol. The van der Waals surface area contributed by atoms with Gasteiger partial charge in [0.05, 0.1) is 26.6 Å². The first-order valence-electron chi connectivity index (χ1n) is 6.80. The third kappa shape index (κ3) is 4.69. The molecular weight excluding hydrogens is 380 g/mol. The largest absolute Gasteiger partial charge is 0.504 e. The van der Waals surface area contributed by atoms with Crippen LogP contribution in [0.4, 0.5) is 0 Å². The topological polar surface area (TPSA) is 79.8 Å². The molecule has 0 N–H and O–H groups in total. The van der Waals surface area contributed by atoms with Crippen molar-refractivity contribution in [1.82, 2.24) is 9.97 Å². The molecule has 0 atom stereocenters. The number of nitrogens with zero attached hydrogens (tertiary/aromatic N) is 2. The molecule has 0 saturated heterocycles. The molecule has 7 nitrogen and oxygen atoms in total. The van der Waals surface area contributed by atoms with Crippen LogP contribution in [0.15, 0.2) is 42.9 Å². The fourth-order valence-electron chi connectivity index (χ4n) is 1.71. The lowest BCUT2D eigenvalue weighted by molar-refractivity contribution is -0.129. The van der Waals surface area contributed by atoms with Crippen molar-refractivity contribution in [3.05, 3.63) is 48.5 Å². The van der Waals surface area contributed by atoms with E-state index >= 15 is 0 Å². The maximum Gasteiger partial charge on any atom is 0.339 e. The number of benzene rings is 1. The lowest BCUT2D eigenvalue weighted by atomic mass is 10.2. The lowest BCUT2D eigenvalue weighted by Crippen LogP contribution is -2.08. The molecular formula is C16H15BrN2O5. The van der Waals surface area contributed by atoms with E-state index in [9.17, 15) is 4.79 Å². The molecule has 0 aliphatic rings. The van der Waals surface area contributed by atoms with Gasteiger partial charge in [-0.15, -0.1) is 0 Å². The summed E-state index contributed by atoms with van der Waals surface area (Å²) < 4.78 is 20.7. The predicted molar refractivity (Wildman–Crippen MR) is 89.5 cm³/mol. The molecule has 2 rings (SSSR count). The van der Waals surface area contributed by atoms with E-state index in [-0.39, 0.29) is 17.5 Å². The maximum atomic E-state index is 11.8. The van der Waals surface area contributed by atoms with Crippen LogP contribution in [-0.2, 0) is 14.9 Å². The van der Waals surface area contributed by atoms with Crippen molar-refractivity contribution in [2.45, 2.75) is 5.33 Å². The number of halogens is 1. The maximum absolute atomic E-state index is 11.8. The van der Waals surface area contributed by atoms with E-state index in [1.54, 1.807) is 6.07 Å². The zero-order chi connectivity index (χ0) is 17.4. The number of esters is 1. The van der Waals surface area contributed by atoms with E-state index in [4.69, 9.17) is 14.2 Å². The third-order valence-corrected chi connectivity index (χ3v) is 3.39. The summed E-state index contributed by atoms with van der Waals surface area (Å²) in [5.74, 6) is -0.0139. The molecule has 0 fully saturated rings. The first kappa shape index (κ1) is 17.7. The van der Waals surface area contributed by atoms with Gasteiger partial charge in [0.25, 0.3) is 17.5 Å². The normalized spacial score (nSPS) is 10.5. The van der Waals surface area contributed by atoms with Crippen molar-refractivity contribution >= 4 is 21.9 Å². The van der Waals surface area contributed by atoms with Gasteiger partial charge in [-0.25, -0.2) is 4.79 Å². The highest BCUT2D eigenvalue weighted by Gasteiger charge is 2.19. The van der Waals surface area contributed by atoms with Gasteiger partial charge in [-0.05, 0) is 17.7 Å². The van der Waals surface area contributed by atoms with Crippen LogP contribution in [0.5, 0.6) is 23.3 Å². The Balaban J connectivity index is 2.31. The summed E-state index contributed by atoms with van der Waals surface area (Å²) >= 11 is 3.38. The summed E-state index contributed by atoms with van der Waals surface area (Å²) in [7, 11) is 2.82. The third-order valence-electron chi connectivity index (χ3n) is 2.74. The van der Waals surface area contributed by atoms with Crippen LogP contribution in [0.3, 0.4) is 0 Å². The SMILES string of the molecule is COC=CC(=O)Oc1c(OC)ncnc1Oc1cccc(CBr)c1. The smallest absolute Gasteiger partial charge is 0.339 e. The molecule has 8 heteroatoms. The van der Waals surface area contributed by atoms with Gasteiger partial charge in [0.1, 0.15) is 12.1 Å². The van der Waals surface area contributed by atoms with E-state index in [1.807, 2.05) is 18.2 Å². The monoisotopic (exact) mass is 394 g/mol. The highest BCUT2D eigenvalue weighted by atomic mass is 79.9. The fourth-order valence-corrected chi connectivity index (χ4v) is 2.06. The second-order valence-electron chi connectivity index (χ2n) is 4.36. The fraction of sp³-hybridized carbons (Fsp3) is 0.188. The van der Waals surface area contributed by atoms with Crippen molar-refractivity contribution < 1.29 is 23.7 Å². The summed E-state index contributed by atoms with van der Waals surface area (Å²) in [5.41, 5.74) is 1.02. The molecule has 2 aromatic rings. The van der Waals surface area contributed by atoms with Crippen molar-refractivity contribution in [3.63, 3.8) is 0 Å². The van der Waals surface area contributed by atoms with Crippen LogP contribution in [0, 0.1) is 0 Å². The first-order chi connectivity index (χ1) is 11.7. The number of methoxy groups -OCH3 is 2. The number of carbonyl (C=O) groups is 1. The van der Waals surface area contributed by atoms with Crippen molar-refractivity contribution in [3.8, 4) is 23.3 Å². The second-order valence-corrected chi connectivity index (χ2v) is 4.92.